The summed E-state index contributed by atoms with van der Waals surface area (Å²) in [5.74, 6) is -4.87. The van der Waals surface area contributed by atoms with Crippen LogP contribution in [0.1, 0.15) is 29.9 Å². The standard InChI is InChI=1S/C18H21ClN2.2C2HF3O2/c19-18-7-5-16(6-8-18)17-4-2-11-21(14-17)12-9-15-3-1-10-20-13-15;2*3-2(4,5)1(6)7/h1,3,5-8,10,13,17H,2,4,9,11-12,14H2;2*(H,6,7). The van der Waals surface area contributed by atoms with Crippen LogP contribution in [0.25, 0.3) is 0 Å². The van der Waals surface area contributed by atoms with E-state index < -0.39 is 24.3 Å². The number of carboxylic acids is 2. The Morgan fingerprint density at radius 2 is 1.54 bits per heavy atom. The van der Waals surface area contributed by atoms with Crippen molar-refractivity contribution >= 4 is 23.5 Å². The highest BCUT2D eigenvalue weighted by atomic mass is 35.5. The van der Waals surface area contributed by atoms with Crippen LogP contribution in [-0.2, 0) is 16.0 Å². The summed E-state index contributed by atoms with van der Waals surface area (Å²) >= 11 is 5.98. The van der Waals surface area contributed by atoms with Crippen LogP contribution in [0.2, 0.25) is 5.02 Å². The van der Waals surface area contributed by atoms with Crippen LogP contribution < -0.4 is 0 Å². The van der Waals surface area contributed by atoms with E-state index in [1.807, 2.05) is 30.6 Å². The second-order valence-electron chi connectivity index (χ2n) is 7.41. The van der Waals surface area contributed by atoms with Crippen molar-refractivity contribution in [3.8, 4) is 0 Å². The van der Waals surface area contributed by atoms with Crippen molar-refractivity contribution in [2.45, 2.75) is 37.5 Å². The van der Waals surface area contributed by atoms with E-state index in [-0.39, 0.29) is 0 Å². The van der Waals surface area contributed by atoms with Crippen molar-refractivity contribution in [1.29, 1.82) is 0 Å². The van der Waals surface area contributed by atoms with E-state index in [1.54, 1.807) is 0 Å². The van der Waals surface area contributed by atoms with Crippen molar-refractivity contribution in [2.75, 3.05) is 19.6 Å². The second kappa shape index (κ2) is 13.9. The van der Waals surface area contributed by atoms with E-state index in [0.29, 0.717) is 5.92 Å². The molecule has 0 aliphatic carbocycles. The average molecular weight is 529 g/mol. The Hall–Kier alpha value is -2.86. The molecule has 1 fully saturated rings. The van der Waals surface area contributed by atoms with Gasteiger partial charge in [0, 0.05) is 30.5 Å². The molecule has 0 spiro atoms. The lowest BCUT2D eigenvalue weighted by Crippen LogP contribution is -2.35. The number of hydrogen-bond donors (Lipinski definition) is 2. The number of likely N-dealkylation sites (tertiary alicyclic amines) is 1. The van der Waals surface area contributed by atoms with E-state index in [2.05, 4.69) is 28.1 Å². The van der Waals surface area contributed by atoms with Gasteiger partial charge < -0.3 is 15.1 Å². The highest BCUT2D eigenvalue weighted by Crippen LogP contribution is 2.27. The number of nitrogens with zero attached hydrogens (tertiary/aromatic N) is 2. The Morgan fingerprint density at radius 1 is 1.00 bits per heavy atom. The Morgan fingerprint density at radius 3 is 2.00 bits per heavy atom. The summed E-state index contributed by atoms with van der Waals surface area (Å²) in [5, 5.41) is 15.1. The first-order chi connectivity index (χ1) is 16.2. The molecule has 1 aromatic carbocycles. The van der Waals surface area contributed by atoms with Crippen LogP contribution in [0.5, 0.6) is 0 Å². The van der Waals surface area contributed by atoms with Gasteiger partial charge in [0.05, 0.1) is 0 Å². The molecule has 2 aromatic rings. The SMILES string of the molecule is Clc1ccc(C2CCCN(CCc3cccnc3)C2)cc1.O=C(O)C(F)(F)F.O=C(O)C(F)(F)F. The second-order valence-corrected chi connectivity index (χ2v) is 7.84. The van der Waals surface area contributed by atoms with E-state index >= 15 is 0 Å². The lowest BCUT2D eigenvalue weighted by molar-refractivity contribution is -0.193. The molecule has 2 N–H and O–H groups in total. The molecule has 13 heteroatoms. The smallest absolute Gasteiger partial charge is 0.475 e. The summed E-state index contributed by atoms with van der Waals surface area (Å²) < 4.78 is 63.5. The van der Waals surface area contributed by atoms with Gasteiger partial charge in [0.1, 0.15) is 0 Å². The zero-order valence-corrected chi connectivity index (χ0v) is 18.9. The zero-order valence-electron chi connectivity index (χ0n) is 18.2. The van der Waals surface area contributed by atoms with Gasteiger partial charge in [-0.1, -0.05) is 29.8 Å². The number of rotatable bonds is 4. The van der Waals surface area contributed by atoms with Crippen LogP contribution >= 0.6 is 11.6 Å². The van der Waals surface area contributed by atoms with E-state index in [9.17, 15) is 26.3 Å². The summed E-state index contributed by atoms with van der Waals surface area (Å²) in [6, 6.07) is 12.5. The number of pyridine rings is 1. The van der Waals surface area contributed by atoms with Gasteiger partial charge in [-0.15, -0.1) is 0 Å². The first kappa shape index (κ1) is 30.2. The number of aliphatic carboxylic acids is 2. The fourth-order valence-corrected chi connectivity index (χ4v) is 3.22. The van der Waals surface area contributed by atoms with E-state index in [0.717, 1.165) is 24.5 Å². The largest absolute Gasteiger partial charge is 0.490 e. The molecular formula is C22H23ClF6N2O4. The lowest BCUT2D eigenvalue weighted by atomic mass is 9.90. The number of piperidine rings is 1. The summed E-state index contributed by atoms with van der Waals surface area (Å²) in [5.41, 5.74) is 2.75. The molecule has 6 nitrogen and oxygen atoms in total. The number of aromatic nitrogens is 1. The molecule has 1 aromatic heterocycles. The van der Waals surface area contributed by atoms with Crippen molar-refractivity contribution in [1.82, 2.24) is 9.88 Å². The topological polar surface area (TPSA) is 90.7 Å². The van der Waals surface area contributed by atoms with Gasteiger partial charge in [-0.05, 0) is 61.1 Å². The van der Waals surface area contributed by atoms with Crippen LogP contribution in [0.4, 0.5) is 26.3 Å². The van der Waals surface area contributed by atoms with Crippen molar-refractivity contribution < 1.29 is 46.1 Å². The maximum Gasteiger partial charge on any atom is 0.490 e. The van der Waals surface area contributed by atoms with Crippen LogP contribution in [0.3, 0.4) is 0 Å². The molecule has 0 radical (unpaired) electrons. The summed E-state index contributed by atoms with van der Waals surface area (Å²) in [6.45, 7) is 3.49. The fraction of sp³-hybridized carbons (Fsp3) is 0.409. The number of alkyl halides is 6. The van der Waals surface area contributed by atoms with Gasteiger partial charge in [-0.3, -0.25) is 4.98 Å². The summed E-state index contributed by atoms with van der Waals surface area (Å²) in [6.07, 6.45) is -2.71. The molecule has 1 aliphatic heterocycles. The molecule has 3 rings (SSSR count). The van der Waals surface area contributed by atoms with Crippen molar-refractivity contribution in [3.63, 3.8) is 0 Å². The maximum absolute atomic E-state index is 10.6. The molecule has 1 aliphatic rings. The fourth-order valence-electron chi connectivity index (χ4n) is 3.10. The number of benzene rings is 1. The molecule has 0 amide bonds. The summed E-state index contributed by atoms with van der Waals surface area (Å²) in [7, 11) is 0. The number of halogens is 7. The van der Waals surface area contributed by atoms with Crippen LogP contribution in [0, 0.1) is 0 Å². The van der Waals surface area contributed by atoms with E-state index in [1.165, 1.54) is 30.5 Å². The van der Waals surface area contributed by atoms with Gasteiger partial charge in [0.15, 0.2) is 0 Å². The van der Waals surface area contributed by atoms with Gasteiger partial charge >= 0.3 is 24.3 Å². The van der Waals surface area contributed by atoms with E-state index in [4.69, 9.17) is 31.4 Å². The first-order valence-electron chi connectivity index (χ1n) is 10.2. The predicted octanol–water partition coefficient (Wildman–Crippen LogP) is 5.42. The Balaban J connectivity index is 0.000000362. The maximum atomic E-state index is 10.6. The summed E-state index contributed by atoms with van der Waals surface area (Å²) in [4.78, 5) is 24.6. The number of carbonyl (C=O) groups is 2. The molecule has 194 valence electrons. The lowest BCUT2D eigenvalue weighted by Gasteiger charge is -2.33. The van der Waals surface area contributed by atoms with Crippen LogP contribution in [0.15, 0.2) is 48.8 Å². The molecule has 2 heterocycles. The third kappa shape index (κ3) is 12.4. The van der Waals surface area contributed by atoms with Crippen molar-refractivity contribution in [2.24, 2.45) is 0 Å². The third-order valence-corrected chi connectivity index (χ3v) is 5.02. The first-order valence-corrected chi connectivity index (χ1v) is 10.5. The number of hydrogen-bond acceptors (Lipinski definition) is 4. The predicted molar refractivity (Wildman–Crippen MR) is 115 cm³/mol. The van der Waals surface area contributed by atoms with Gasteiger partial charge in [-0.25, -0.2) is 9.59 Å². The zero-order chi connectivity index (χ0) is 26.6. The normalized spacial score (nSPS) is 16.3. The van der Waals surface area contributed by atoms with Crippen LogP contribution in [-0.4, -0.2) is 64.0 Å². The molecule has 1 unspecified atom stereocenters. The average Bonchev–Trinajstić information content (AvgIpc) is 2.79. The highest BCUT2D eigenvalue weighted by molar-refractivity contribution is 6.30. The molecule has 0 saturated carbocycles. The molecule has 35 heavy (non-hydrogen) atoms. The molecule has 1 atom stereocenters. The van der Waals surface area contributed by atoms with Gasteiger partial charge in [-0.2, -0.15) is 26.3 Å². The number of carboxylic acid groups (broad SMARTS) is 2. The minimum absolute atomic E-state index is 0.643. The Kier molecular flexibility index (Phi) is 12.0. The minimum atomic E-state index is -5.08. The molecule has 1 saturated heterocycles. The van der Waals surface area contributed by atoms with Crippen molar-refractivity contribution in [3.05, 3.63) is 64.9 Å². The minimum Gasteiger partial charge on any atom is -0.475 e. The Labute approximate surface area is 202 Å². The van der Waals surface area contributed by atoms with Gasteiger partial charge in [0.2, 0.25) is 0 Å². The molecular weight excluding hydrogens is 506 g/mol. The third-order valence-electron chi connectivity index (χ3n) is 4.77. The molecule has 0 bridgehead atoms. The highest BCUT2D eigenvalue weighted by Gasteiger charge is 2.38. The Bertz CT molecular complexity index is 900. The van der Waals surface area contributed by atoms with Gasteiger partial charge in [0.25, 0.3) is 0 Å². The quantitative estimate of drug-likeness (QED) is 0.515. The monoisotopic (exact) mass is 528 g/mol.